The third-order valence-electron chi connectivity index (χ3n) is 5.14. The Kier molecular flexibility index (Phi) is 24.6. The van der Waals surface area contributed by atoms with Crippen LogP contribution in [0.1, 0.15) is 100 Å². The van der Waals surface area contributed by atoms with Crippen LogP contribution in [0.5, 0.6) is 0 Å². The lowest BCUT2D eigenvalue weighted by Crippen LogP contribution is -2.32. The molecule has 0 aromatic heterocycles. The highest BCUT2D eigenvalue weighted by molar-refractivity contribution is 7.59. The number of hydrogen-bond donors (Lipinski definition) is 2. The van der Waals surface area contributed by atoms with Gasteiger partial charge < -0.3 is 20.3 Å². The van der Waals surface area contributed by atoms with Crippen LogP contribution in [-0.2, 0) is 38.2 Å². The van der Waals surface area contributed by atoms with Crippen LogP contribution in [0.2, 0.25) is 0 Å². The van der Waals surface area contributed by atoms with Crippen LogP contribution in [0.3, 0.4) is 0 Å². The van der Waals surface area contributed by atoms with Gasteiger partial charge in [0.1, 0.15) is 29.7 Å². The number of Topliss-reactive ketones (excluding diaryl/α,β-unsaturated/α-hetero) is 4. The molecule has 0 heterocycles. The Morgan fingerprint density at radius 1 is 0.737 bits per heavy atom. The summed E-state index contributed by atoms with van der Waals surface area (Å²) in [6.45, 7) is 11.4. The van der Waals surface area contributed by atoms with Crippen LogP contribution in [-0.4, -0.2) is 66.5 Å². The van der Waals surface area contributed by atoms with Crippen molar-refractivity contribution in [1.82, 2.24) is 0 Å². The number of carboxylic acid groups (broad SMARTS) is 1. The van der Waals surface area contributed by atoms with Crippen molar-refractivity contribution in [2.75, 3.05) is 20.3 Å². The van der Waals surface area contributed by atoms with E-state index in [4.69, 9.17) is 20.3 Å². The van der Waals surface area contributed by atoms with Gasteiger partial charge in [-0.3, -0.25) is 28.8 Å². The lowest BCUT2D eigenvalue weighted by Gasteiger charge is -2.16. The highest BCUT2D eigenvalue weighted by atomic mass is 32.1. The van der Waals surface area contributed by atoms with E-state index in [1.54, 1.807) is 20.8 Å². The second kappa shape index (κ2) is 21.8. The molecule has 11 heteroatoms. The minimum atomic E-state index is -0.973. The zero-order valence-corrected chi connectivity index (χ0v) is 24.4. The summed E-state index contributed by atoms with van der Waals surface area (Å²) in [7, 11) is 1.52. The van der Waals surface area contributed by atoms with E-state index < -0.39 is 28.8 Å². The zero-order valence-electron chi connectivity index (χ0n) is 23.4. The fourth-order valence-corrected chi connectivity index (χ4v) is 2.54. The molecule has 224 valence electrons. The van der Waals surface area contributed by atoms with Gasteiger partial charge in [0.05, 0.1) is 19.1 Å². The molecule has 0 aliphatic heterocycles. The van der Waals surface area contributed by atoms with Crippen molar-refractivity contribution in [3.63, 3.8) is 0 Å². The summed E-state index contributed by atoms with van der Waals surface area (Å²) < 4.78 is 9.56. The molecule has 3 N–H and O–H groups in total. The maximum atomic E-state index is 11.6. The summed E-state index contributed by atoms with van der Waals surface area (Å²) in [4.78, 5) is 67.8. The number of carbonyl (C=O) groups excluding carboxylic acids is 5. The number of ketones is 4. The van der Waals surface area contributed by atoms with Crippen molar-refractivity contribution in [2.24, 2.45) is 16.6 Å². The molecule has 10 nitrogen and oxygen atoms in total. The maximum absolute atomic E-state index is 11.6. The van der Waals surface area contributed by atoms with Gasteiger partial charge in [-0.25, -0.2) is 0 Å². The number of hydrogen-bond acceptors (Lipinski definition) is 9. The van der Waals surface area contributed by atoms with Gasteiger partial charge in [0, 0.05) is 56.5 Å². The number of nitrogens with two attached hydrogens (primary N) is 1. The fraction of sp³-hybridized carbons (Fsp3) is 0.778. The largest absolute Gasteiger partial charge is 0.481 e. The Hall–Kier alpha value is -2.11. The highest BCUT2D eigenvalue weighted by Gasteiger charge is 2.23. The highest BCUT2D eigenvalue weighted by Crippen LogP contribution is 2.19. The Balaban J connectivity index is -0.000000291. The van der Waals surface area contributed by atoms with Gasteiger partial charge >= 0.3 is 11.9 Å². The number of aliphatic carboxylic acids is 1. The van der Waals surface area contributed by atoms with E-state index in [9.17, 15) is 28.8 Å². The van der Waals surface area contributed by atoms with Crippen LogP contribution in [0, 0.1) is 10.8 Å². The first-order valence-electron chi connectivity index (χ1n) is 12.1. The van der Waals surface area contributed by atoms with Gasteiger partial charge in [-0.1, -0.05) is 49.0 Å². The molecule has 0 amide bonds. The van der Waals surface area contributed by atoms with Crippen molar-refractivity contribution in [3.05, 3.63) is 0 Å². The lowest BCUT2D eigenvalue weighted by atomic mass is 9.87. The van der Waals surface area contributed by atoms with Crippen molar-refractivity contribution in [3.8, 4) is 0 Å². The van der Waals surface area contributed by atoms with E-state index in [0.29, 0.717) is 6.61 Å². The smallest absolute Gasteiger partial charge is 0.306 e. The normalized spacial score (nSPS) is 11.5. The number of carbonyl (C=O) groups is 6. The summed E-state index contributed by atoms with van der Waals surface area (Å²) in [5, 5.41) is 8.45. The van der Waals surface area contributed by atoms with Crippen LogP contribution in [0.25, 0.3) is 0 Å². The van der Waals surface area contributed by atoms with Crippen LogP contribution in [0.15, 0.2) is 0 Å². The molecule has 38 heavy (non-hydrogen) atoms. The molecule has 0 aromatic carbocycles. The summed E-state index contributed by atoms with van der Waals surface area (Å²) in [6, 6.07) is -0.779. The average molecular weight is 566 g/mol. The van der Waals surface area contributed by atoms with Crippen molar-refractivity contribution in [1.29, 1.82) is 0 Å². The predicted octanol–water partition coefficient (Wildman–Crippen LogP) is 3.81. The number of esters is 1. The average Bonchev–Trinajstić information content (AvgIpc) is 2.76. The fourth-order valence-electron chi connectivity index (χ4n) is 2.54. The Morgan fingerprint density at radius 2 is 1.18 bits per heavy atom. The van der Waals surface area contributed by atoms with Gasteiger partial charge in [0.15, 0.2) is 0 Å². The van der Waals surface area contributed by atoms with Gasteiger partial charge in [0.2, 0.25) is 0 Å². The molecule has 0 aliphatic carbocycles. The first kappa shape index (κ1) is 43.0. The van der Waals surface area contributed by atoms with E-state index >= 15 is 0 Å². The van der Waals surface area contributed by atoms with Crippen molar-refractivity contribution in [2.45, 2.75) is 106 Å². The lowest BCUT2D eigenvalue weighted by molar-refractivity contribution is -0.146. The monoisotopic (exact) mass is 565 g/mol. The summed E-state index contributed by atoms with van der Waals surface area (Å²) >= 11 is 0. The van der Waals surface area contributed by atoms with Gasteiger partial charge in [-0.2, -0.15) is 13.5 Å². The van der Waals surface area contributed by atoms with E-state index in [-0.39, 0.29) is 102 Å². The quantitative estimate of drug-likeness (QED) is 0.207. The van der Waals surface area contributed by atoms with Gasteiger partial charge in [-0.05, 0) is 6.42 Å². The molecule has 0 bridgehead atoms. The summed E-state index contributed by atoms with van der Waals surface area (Å²) in [6.07, 6.45) is 0.885. The molecule has 1 atom stereocenters. The molecule has 0 aromatic rings. The second-order valence-corrected chi connectivity index (χ2v) is 10.6. The minimum absolute atomic E-state index is 0. The first-order valence-corrected chi connectivity index (χ1v) is 12.1. The molecule has 0 spiro atoms. The summed E-state index contributed by atoms with van der Waals surface area (Å²) in [5.74, 6) is -1.64. The molecule has 0 saturated carbocycles. The standard InChI is InChI=1S/C14H24O5.C12H21NO4.CH4.H2S/c1-14(2,3)12(16)7-5-11(15)6-8-13(17)19-10-9-18-4;1-12(2,3)10(15)6-5-9(14)8(13)4-7-11(16)17;;/h5-10H2,1-4H3;8H,4-7,13H2,1-3H3,(H,16,17);1H4;1H2/t;8-;;/m.0../s1. The van der Waals surface area contributed by atoms with Crippen LogP contribution < -0.4 is 5.73 Å². The van der Waals surface area contributed by atoms with Crippen molar-refractivity contribution < 1.29 is 43.3 Å². The number of methoxy groups -OCH3 is 1. The molecule has 0 rings (SSSR count). The Labute approximate surface area is 235 Å². The number of ether oxygens (including phenoxy) is 2. The summed E-state index contributed by atoms with van der Waals surface area (Å²) in [5.41, 5.74) is 4.67. The van der Waals surface area contributed by atoms with Crippen LogP contribution in [0.4, 0.5) is 0 Å². The first-order chi connectivity index (χ1) is 16.4. The molecule has 0 fully saturated rings. The molecular weight excluding hydrogens is 514 g/mol. The van der Waals surface area contributed by atoms with Crippen LogP contribution >= 0.6 is 13.5 Å². The Morgan fingerprint density at radius 3 is 1.61 bits per heavy atom. The van der Waals surface area contributed by atoms with Crippen molar-refractivity contribution >= 4 is 48.6 Å². The number of rotatable bonds is 16. The van der Waals surface area contributed by atoms with E-state index in [1.165, 1.54) is 7.11 Å². The topological polar surface area (TPSA) is 167 Å². The third-order valence-corrected chi connectivity index (χ3v) is 5.14. The Bertz CT molecular complexity index is 753. The molecule has 0 radical (unpaired) electrons. The third kappa shape index (κ3) is 24.2. The second-order valence-electron chi connectivity index (χ2n) is 10.6. The molecule has 0 aliphatic rings. The molecule has 0 unspecified atom stereocenters. The minimum Gasteiger partial charge on any atom is -0.481 e. The predicted molar refractivity (Wildman–Crippen MR) is 151 cm³/mol. The van der Waals surface area contributed by atoms with E-state index in [0.717, 1.165) is 0 Å². The van der Waals surface area contributed by atoms with E-state index in [1.807, 2.05) is 20.8 Å². The zero-order chi connectivity index (χ0) is 28.5. The molecular formula is C27H51NO9S. The SMILES string of the molecule is C.CC(C)(C)C(=O)CCC(=O)[C@@H](N)CCC(=O)O.COCCOC(=O)CCC(=O)CCC(=O)C(C)(C)C.S. The number of carboxylic acids is 1. The maximum Gasteiger partial charge on any atom is 0.306 e. The van der Waals surface area contributed by atoms with Gasteiger partial charge in [0.25, 0.3) is 0 Å². The van der Waals surface area contributed by atoms with Gasteiger partial charge in [-0.15, -0.1) is 0 Å². The van der Waals surface area contributed by atoms with E-state index in [2.05, 4.69) is 0 Å². The molecule has 0 saturated heterocycles.